The van der Waals surface area contributed by atoms with E-state index in [-0.39, 0.29) is 12.4 Å². The molecule has 1 aromatic carbocycles. The summed E-state index contributed by atoms with van der Waals surface area (Å²) >= 11 is 0. The molecule has 7 heteroatoms. The van der Waals surface area contributed by atoms with Gasteiger partial charge in [-0.1, -0.05) is 0 Å². The molecule has 2 nitrogen and oxygen atoms in total. The molecule has 0 aliphatic carbocycles. The molecular weight excluding hydrogens is 308 g/mol. The van der Waals surface area contributed by atoms with Crippen LogP contribution in [0.25, 0.3) is 0 Å². The SMILES string of the molecule is CNCC1CCN(Cc2cc(F)cc(C(F)(F)F)c2)C1.Cl. The Labute approximate surface area is 127 Å². The zero-order valence-electron chi connectivity index (χ0n) is 11.7. The first-order valence-electron chi connectivity index (χ1n) is 6.62. The van der Waals surface area contributed by atoms with E-state index in [0.717, 1.165) is 32.1 Å². The highest BCUT2D eigenvalue weighted by Gasteiger charge is 2.31. The first kappa shape index (κ1) is 18.2. The normalized spacial score (nSPS) is 19.6. The van der Waals surface area contributed by atoms with Crippen molar-refractivity contribution >= 4 is 12.4 Å². The van der Waals surface area contributed by atoms with Crippen LogP contribution in [0.1, 0.15) is 17.5 Å². The van der Waals surface area contributed by atoms with Crippen LogP contribution in [-0.4, -0.2) is 31.6 Å². The van der Waals surface area contributed by atoms with Gasteiger partial charge >= 0.3 is 6.18 Å². The zero-order chi connectivity index (χ0) is 14.8. The molecule has 0 amide bonds. The minimum atomic E-state index is -4.50. The van der Waals surface area contributed by atoms with Crippen LogP contribution in [0.5, 0.6) is 0 Å². The topological polar surface area (TPSA) is 15.3 Å². The van der Waals surface area contributed by atoms with E-state index in [9.17, 15) is 17.6 Å². The Morgan fingerprint density at radius 2 is 2.00 bits per heavy atom. The van der Waals surface area contributed by atoms with Crippen molar-refractivity contribution < 1.29 is 17.6 Å². The van der Waals surface area contributed by atoms with Crippen molar-refractivity contribution in [2.45, 2.75) is 19.1 Å². The fourth-order valence-corrected chi connectivity index (χ4v) is 2.68. The van der Waals surface area contributed by atoms with Crippen LogP contribution in [0, 0.1) is 11.7 Å². The van der Waals surface area contributed by atoms with E-state index in [1.165, 1.54) is 6.07 Å². The minimum absolute atomic E-state index is 0. The number of nitrogens with one attached hydrogen (secondary N) is 1. The molecule has 1 aliphatic rings. The lowest BCUT2D eigenvalue weighted by molar-refractivity contribution is -0.137. The van der Waals surface area contributed by atoms with E-state index in [0.29, 0.717) is 24.1 Å². The highest BCUT2D eigenvalue weighted by molar-refractivity contribution is 5.85. The van der Waals surface area contributed by atoms with Crippen LogP contribution in [0.3, 0.4) is 0 Å². The van der Waals surface area contributed by atoms with E-state index in [1.54, 1.807) is 0 Å². The highest BCUT2D eigenvalue weighted by atomic mass is 35.5. The smallest absolute Gasteiger partial charge is 0.319 e. The van der Waals surface area contributed by atoms with Gasteiger partial charge in [-0.2, -0.15) is 13.2 Å². The Kier molecular flexibility index (Phi) is 6.43. The predicted molar refractivity (Wildman–Crippen MR) is 76.0 cm³/mol. The maximum absolute atomic E-state index is 13.3. The van der Waals surface area contributed by atoms with Crippen molar-refractivity contribution in [3.63, 3.8) is 0 Å². The van der Waals surface area contributed by atoms with Crippen molar-refractivity contribution in [3.05, 3.63) is 35.1 Å². The van der Waals surface area contributed by atoms with Crippen molar-refractivity contribution in [2.24, 2.45) is 5.92 Å². The van der Waals surface area contributed by atoms with Crippen LogP contribution < -0.4 is 5.32 Å². The van der Waals surface area contributed by atoms with Gasteiger partial charge in [0, 0.05) is 13.1 Å². The lowest BCUT2D eigenvalue weighted by atomic mass is 10.1. The zero-order valence-corrected chi connectivity index (χ0v) is 12.5. The lowest BCUT2D eigenvalue weighted by Crippen LogP contribution is -2.24. The minimum Gasteiger partial charge on any atom is -0.319 e. The second kappa shape index (κ2) is 7.42. The molecule has 1 N–H and O–H groups in total. The quantitative estimate of drug-likeness (QED) is 0.854. The molecule has 21 heavy (non-hydrogen) atoms. The Hall–Kier alpha value is -0.850. The van der Waals surface area contributed by atoms with Gasteiger partial charge in [0.1, 0.15) is 5.82 Å². The average Bonchev–Trinajstić information content (AvgIpc) is 2.75. The van der Waals surface area contributed by atoms with Gasteiger partial charge < -0.3 is 5.32 Å². The third kappa shape index (κ3) is 5.13. The number of rotatable bonds is 4. The number of hydrogen-bond acceptors (Lipinski definition) is 2. The number of hydrogen-bond donors (Lipinski definition) is 1. The second-order valence-corrected chi connectivity index (χ2v) is 5.29. The van der Waals surface area contributed by atoms with Crippen LogP contribution in [0.15, 0.2) is 18.2 Å². The molecule has 1 heterocycles. The third-order valence-electron chi connectivity index (χ3n) is 3.55. The molecule has 1 unspecified atom stereocenters. The summed E-state index contributed by atoms with van der Waals surface area (Å²) in [4.78, 5) is 2.07. The summed E-state index contributed by atoms with van der Waals surface area (Å²) in [6.45, 7) is 2.93. The summed E-state index contributed by atoms with van der Waals surface area (Å²) in [6.07, 6.45) is -3.49. The summed E-state index contributed by atoms with van der Waals surface area (Å²) in [5, 5.41) is 3.10. The molecule has 0 spiro atoms. The molecule has 120 valence electrons. The van der Waals surface area contributed by atoms with E-state index in [1.807, 2.05) is 7.05 Å². The Bertz CT molecular complexity index is 465. The van der Waals surface area contributed by atoms with Crippen LogP contribution in [-0.2, 0) is 12.7 Å². The fourth-order valence-electron chi connectivity index (χ4n) is 2.68. The number of likely N-dealkylation sites (tertiary alicyclic amines) is 1. The third-order valence-corrected chi connectivity index (χ3v) is 3.55. The van der Waals surface area contributed by atoms with Gasteiger partial charge in [-0.15, -0.1) is 12.4 Å². The van der Waals surface area contributed by atoms with Gasteiger partial charge in [0.25, 0.3) is 0 Å². The molecule has 0 bridgehead atoms. The van der Waals surface area contributed by atoms with Crippen molar-refractivity contribution in [3.8, 4) is 0 Å². The maximum Gasteiger partial charge on any atom is 0.416 e. The molecule has 1 fully saturated rings. The second-order valence-electron chi connectivity index (χ2n) is 5.29. The summed E-state index contributed by atoms with van der Waals surface area (Å²) in [5.74, 6) is -0.323. The molecule has 2 rings (SSSR count). The number of nitrogens with zero attached hydrogens (tertiary/aromatic N) is 1. The van der Waals surface area contributed by atoms with Gasteiger partial charge in [-0.05, 0) is 56.2 Å². The Morgan fingerprint density at radius 1 is 1.29 bits per heavy atom. The fraction of sp³-hybridized carbons (Fsp3) is 0.571. The Morgan fingerprint density at radius 3 is 2.62 bits per heavy atom. The molecule has 0 aromatic heterocycles. The van der Waals surface area contributed by atoms with Crippen LogP contribution in [0.4, 0.5) is 17.6 Å². The summed E-state index contributed by atoms with van der Waals surface area (Å²) in [5.41, 5.74) is -0.541. The largest absolute Gasteiger partial charge is 0.416 e. The van der Waals surface area contributed by atoms with E-state index >= 15 is 0 Å². The summed E-state index contributed by atoms with van der Waals surface area (Å²) < 4.78 is 51.2. The average molecular weight is 327 g/mol. The van der Waals surface area contributed by atoms with E-state index < -0.39 is 17.6 Å². The van der Waals surface area contributed by atoms with Gasteiger partial charge in [0.15, 0.2) is 0 Å². The summed E-state index contributed by atoms with van der Waals surface area (Å²) in [7, 11) is 1.88. The monoisotopic (exact) mass is 326 g/mol. The molecule has 0 radical (unpaired) electrons. The van der Waals surface area contributed by atoms with E-state index in [4.69, 9.17) is 0 Å². The molecular formula is C14H19ClF4N2. The molecule has 0 saturated carbocycles. The van der Waals surface area contributed by atoms with Crippen LogP contribution in [0.2, 0.25) is 0 Å². The predicted octanol–water partition coefficient (Wildman–Crippen LogP) is 3.31. The van der Waals surface area contributed by atoms with Crippen molar-refractivity contribution in [1.29, 1.82) is 0 Å². The van der Waals surface area contributed by atoms with Crippen molar-refractivity contribution in [2.75, 3.05) is 26.7 Å². The maximum atomic E-state index is 13.3. The first-order valence-corrected chi connectivity index (χ1v) is 6.62. The molecule has 1 atom stereocenters. The summed E-state index contributed by atoms with van der Waals surface area (Å²) in [6, 6.07) is 2.76. The molecule has 1 aromatic rings. The lowest BCUT2D eigenvalue weighted by Gasteiger charge is -2.17. The number of halogens is 5. The Balaban J connectivity index is 0.00000220. The number of benzene rings is 1. The van der Waals surface area contributed by atoms with Crippen LogP contribution >= 0.6 is 12.4 Å². The van der Waals surface area contributed by atoms with E-state index in [2.05, 4.69) is 10.2 Å². The van der Waals surface area contributed by atoms with Gasteiger partial charge in [0.05, 0.1) is 5.56 Å². The standard InChI is InChI=1S/C14H18F4N2.ClH/c1-19-7-10-2-3-20(8-10)9-11-4-12(14(16,17)18)6-13(15)5-11;/h4-6,10,19H,2-3,7-9H2,1H3;1H. The van der Waals surface area contributed by atoms with Gasteiger partial charge in [-0.3, -0.25) is 4.90 Å². The van der Waals surface area contributed by atoms with Gasteiger partial charge in [-0.25, -0.2) is 4.39 Å². The van der Waals surface area contributed by atoms with Crippen molar-refractivity contribution in [1.82, 2.24) is 10.2 Å². The van der Waals surface area contributed by atoms with Gasteiger partial charge in [0.2, 0.25) is 0 Å². The highest BCUT2D eigenvalue weighted by Crippen LogP contribution is 2.31. The molecule has 1 saturated heterocycles. The number of alkyl halides is 3. The molecule has 1 aliphatic heterocycles. The first-order chi connectivity index (χ1) is 9.38.